The average Bonchev–Trinajstić information content (AvgIpc) is 2.25. The Morgan fingerprint density at radius 3 is 2.87 bits per heavy atom. The molecule has 4 nitrogen and oxygen atoms in total. The van der Waals surface area contributed by atoms with E-state index < -0.39 is 0 Å². The molecule has 1 unspecified atom stereocenters. The Balaban J connectivity index is 2.84. The fourth-order valence-electron chi connectivity index (χ4n) is 1.31. The highest BCUT2D eigenvalue weighted by molar-refractivity contribution is 5.53. The highest BCUT2D eigenvalue weighted by atomic mass is 15.0. The molecule has 0 aliphatic heterocycles. The summed E-state index contributed by atoms with van der Waals surface area (Å²) in [4.78, 5) is 3.98. The van der Waals surface area contributed by atoms with Crippen LogP contribution < -0.4 is 11.1 Å². The zero-order chi connectivity index (χ0) is 11.3. The van der Waals surface area contributed by atoms with Crippen LogP contribution in [0.15, 0.2) is 18.3 Å². The van der Waals surface area contributed by atoms with Crippen LogP contribution in [-0.2, 0) is 0 Å². The van der Waals surface area contributed by atoms with E-state index in [-0.39, 0.29) is 6.04 Å². The van der Waals surface area contributed by atoms with Crippen LogP contribution in [0.3, 0.4) is 0 Å². The van der Waals surface area contributed by atoms with Crippen molar-refractivity contribution in [2.24, 2.45) is 11.7 Å². The summed E-state index contributed by atoms with van der Waals surface area (Å²) in [5.74, 6) is 0.418. The van der Waals surface area contributed by atoms with Crippen molar-refractivity contribution in [1.82, 2.24) is 4.98 Å². The third-order valence-corrected chi connectivity index (χ3v) is 2.31. The summed E-state index contributed by atoms with van der Waals surface area (Å²) in [5.41, 5.74) is 6.81. The summed E-state index contributed by atoms with van der Waals surface area (Å²) in [6, 6.07) is 5.86. The monoisotopic (exact) mass is 204 g/mol. The quantitative estimate of drug-likeness (QED) is 0.776. The first-order chi connectivity index (χ1) is 7.19. The number of pyridine rings is 1. The lowest BCUT2D eigenvalue weighted by atomic mass is 10.0. The van der Waals surface area contributed by atoms with Gasteiger partial charge in [0.15, 0.2) is 5.69 Å². The predicted molar refractivity (Wildman–Crippen MR) is 60.3 cm³/mol. The normalized spacial score (nSPS) is 12.2. The maximum atomic E-state index is 8.86. The van der Waals surface area contributed by atoms with Gasteiger partial charge in [-0.25, -0.2) is 4.98 Å². The van der Waals surface area contributed by atoms with Crippen molar-refractivity contribution < 1.29 is 0 Å². The van der Waals surface area contributed by atoms with E-state index in [0.29, 0.717) is 18.2 Å². The van der Waals surface area contributed by atoms with Gasteiger partial charge in [-0.1, -0.05) is 13.8 Å². The van der Waals surface area contributed by atoms with Crippen LogP contribution in [0.4, 0.5) is 5.69 Å². The van der Waals surface area contributed by atoms with Gasteiger partial charge in [0.1, 0.15) is 6.07 Å². The number of nitrogens with two attached hydrogens (primary N) is 1. The highest BCUT2D eigenvalue weighted by Gasteiger charge is 2.12. The number of hydrogen-bond donors (Lipinski definition) is 2. The minimum absolute atomic E-state index is 0.168. The van der Waals surface area contributed by atoms with E-state index in [1.54, 1.807) is 12.3 Å². The Bertz CT molecular complexity index is 354. The summed E-state index contributed by atoms with van der Waals surface area (Å²) >= 11 is 0. The van der Waals surface area contributed by atoms with Crippen LogP contribution in [0.2, 0.25) is 0 Å². The van der Waals surface area contributed by atoms with Crippen molar-refractivity contribution in [2.45, 2.75) is 19.9 Å². The van der Waals surface area contributed by atoms with Gasteiger partial charge < -0.3 is 11.1 Å². The lowest BCUT2D eigenvalue weighted by Gasteiger charge is -2.21. The van der Waals surface area contributed by atoms with E-state index in [1.165, 1.54) is 0 Å². The molecule has 1 heterocycles. The Kier molecular flexibility index (Phi) is 4.07. The second-order valence-corrected chi connectivity index (χ2v) is 3.74. The van der Waals surface area contributed by atoms with E-state index >= 15 is 0 Å². The van der Waals surface area contributed by atoms with Crippen LogP contribution in [0.1, 0.15) is 19.5 Å². The van der Waals surface area contributed by atoms with Gasteiger partial charge in [0.05, 0.1) is 5.69 Å². The summed E-state index contributed by atoms with van der Waals surface area (Å²) in [6.07, 6.45) is 1.61. The minimum atomic E-state index is 0.168. The van der Waals surface area contributed by atoms with Crippen LogP contribution in [0.5, 0.6) is 0 Å². The van der Waals surface area contributed by atoms with Crippen molar-refractivity contribution in [3.05, 3.63) is 24.0 Å². The van der Waals surface area contributed by atoms with Crippen LogP contribution in [-0.4, -0.2) is 17.6 Å². The number of nitrogens with one attached hydrogen (secondary N) is 1. The molecule has 0 bridgehead atoms. The van der Waals surface area contributed by atoms with Crippen molar-refractivity contribution in [2.75, 3.05) is 11.9 Å². The van der Waals surface area contributed by atoms with E-state index in [1.807, 2.05) is 12.1 Å². The molecule has 3 N–H and O–H groups in total. The van der Waals surface area contributed by atoms with Gasteiger partial charge in [0.2, 0.25) is 0 Å². The zero-order valence-electron chi connectivity index (χ0n) is 9.07. The topological polar surface area (TPSA) is 74.7 Å². The Labute approximate surface area is 90.1 Å². The number of rotatable bonds is 4. The lowest BCUT2D eigenvalue weighted by molar-refractivity contribution is 0.531. The first-order valence-corrected chi connectivity index (χ1v) is 5.00. The largest absolute Gasteiger partial charge is 0.378 e. The molecule has 0 radical (unpaired) electrons. The molecule has 1 rings (SSSR count). The second-order valence-electron chi connectivity index (χ2n) is 3.74. The third-order valence-electron chi connectivity index (χ3n) is 2.31. The number of aromatic nitrogens is 1. The standard InChI is InChI=1S/C11H16N4/c1-8(2)10(6-12)15-9-4-3-5-14-11(9)7-13/h3-5,8,10,15H,6,12H2,1-2H3. The molecule has 0 fully saturated rings. The molecule has 0 amide bonds. The molecule has 4 heteroatoms. The van der Waals surface area contributed by atoms with E-state index in [0.717, 1.165) is 5.69 Å². The molecular formula is C11H16N4. The Morgan fingerprint density at radius 2 is 2.33 bits per heavy atom. The molecule has 80 valence electrons. The number of anilines is 1. The van der Waals surface area contributed by atoms with Crippen LogP contribution in [0.25, 0.3) is 0 Å². The third kappa shape index (κ3) is 2.93. The van der Waals surface area contributed by atoms with Gasteiger partial charge in [0, 0.05) is 18.8 Å². The predicted octanol–water partition coefficient (Wildman–Crippen LogP) is 1.35. The average molecular weight is 204 g/mol. The van der Waals surface area contributed by atoms with Gasteiger partial charge in [0.25, 0.3) is 0 Å². The molecule has 15 heavy (non-hydrogen) atoms. The van der Waals surface area contributed by atoms with Crippen molar-refractivity contribution >= 4 is 5.69 Å². The number of nitriles is 1. The van der Waals surface area contributed by atoms with Crippen molar-refractivity contribution in [3.63, 3.8) is 0 Å². The van der Waals surface area contributed by atoms with Gasteiger partial charge in [-0.15, -0.1) is 0 Å². The first kappa shape index (κ1) is 11.5. The minimum Gasteiger partial charge on any atom is -0.378 e. The maximum Gasteiger partial charge on any atom is 0.163 e. The lowest BCUT2D eigenvalue weighted by Crippen LogP contribution is -2.34. The Hall–Kier alpha value is -1.60. The number of nitrogens with zero attached hydrogens (tertiary/aromatic N) is 2. The molecule has 0 aliphatic carbocycles. The van der Waals surface area contributed by atoms with Gasteiger partial charge in [-0.2, -0.15) is 5.26 Å². The SMILES string of the molecule is CC(C)C(CN)Nc1cccnc1C#N. The molecular weight excluding hydrogens is 188 g/mol. The molecule has 0 aromatic carbocycles. The first-order valence-electron chi connectivity index (χ1n) is 5.00. The molecule has 1 aromatic heterocycles. The van der Waals surface area contributed by atoms with E-state index in [9.17, 15) is 0 Å². The fraction of sp³-hybridized carbons (Fsp3) is 0.455. The van der Waals surface area contributed by atoms with Crippen molar-refractivity contribution in [1.29, 1.82) is 5.26 Å². The molecule has 0 spiro atoms. The fourth-order valence-corrected chi connectivity index (χ4v) is 1.31. The maximum absolute atomic E-state index is 8.86. The van der Waals surface area contributed by atoms with Crippen molar-refractivity contribution in [3.8, 4) is 6.07 Å². The number of hydrogen-bond acceptors (Lipinski definition) is 4. The van der Waals surface area contributed by atoms with Crippen LogP contribution >= 0.6 is 0 Å². The molecule has 1 aromatic rings. The summed E-state index contributed by atoms with van der Waals surface area (Å²) < 4.78 is 0. The summed E-state index contributed by atoms with van der Waals surface area (Å²) in [7, 11) is 0. The molecule has 1 atom stereocenters. The van der Waals surface area contributed by atoms with Gasteiger partial charge in [-0.3, -0.25) is 0 Å². The molecule has 0 saturated carbocycles. The summed E-state index contributed by atoms with van der Waals surface area (Å²) in [6.45, 7) is 4.72. The second kappa shape index (κ2) is 5.32. The smallest absolute Gasteiger partial charge is 0.163 e. The molecule has 0 aliphatic rings. The van der Waals surface area contributed by atoms with Gasteiger partial charge >= 0.3 is 0 Å². The Morgan fingerprint density at radius 1 is 1.60 bits per heavy atom. The van der Waals surface area contributed by atoms with E-state index in [4.69, 9.17) is 11.0 Å². The van der Waals surface area contributed by atoms with Crippen LogP contribution in [0, 0.1) is 17.2 Å². The summed E-state index contributed by atoms with van der Waals surface area (Å²) in [5, 5.41) is 12.1. The molecule has 0 saturated heterocycles. The highest BCUT2D eigenvalue weighted by Crippen LogP contribution is 2.14. The van der Waals surface area contributed by atoms with E-state index in [2.05, 4.69) is 24.1 Å². The zero-order valence-corrected chi connectivity index (χ0v) is 9.07. The van der Waals surface area contributed by atoms with Gasteiger partial charge in [-0.05, 0) is 18.1 Å².